The number of rotatable bonds is 8. The van der Waals surface area contributed by atoms with Crippen LogP contribution in [0.25, 0.3) is 0 Å². The SMILES string of the molecule is CCc1cc(C(=O)OC)c(NC(=S)Nc2ccc(S(=O)(=O)Nc3ccc(OC)cc3)cc2)s1. The molecular weight excluding hydrogens is 482 g/mol. The third-order valence-electron chi connectivity index (χ3n) is 4.53. The molecule has 0 unspecified atom stereocenters. The maximum Gasteiger partial charge on any atom is 0.340 e. The van der Waals surface area contributed by atoms with Crippen LogP contribution >= 0.6 is 23.6 Å². The number of thiocarbonyl (C=S) groups is 1. The number of ether oxygens (including phenoxy) is 2. The molecule has 0 radical (unpaired) electrons. The molecule has 1 heterocycles. The number of carbonyl (C=O) groups excluding carboxylic acids is 1. The minimum absolute atomic E-state index is 0.0987. The molecule has 0 atom stereocenters. The topological polar surface area (TPSA) is 106 Å². The average Bonchev–Trinajstić information content (AvgIpc) is 3.21. The van der Waals surface area contributed by atoms with Gasteiger partial charge in [-0.15, -0.1) is 11.3 Å². The van der Waals surface area contributed by atoms with Crippen LogP contribution in [0, 0.1) is 0 Å². The highest BCUT2D eigenvalue weighted by molar-refractivity contribution is 7.92. The molecule has 0 saturated carbocycles. The van der Waals surface area contributed by atoms with Crippen LogP contribution in [0.1, 0.15) is 22.2 Å². The Hall–Kier alpha value is -3.15. The first kappa shape index (κ1) is 24.5. The van der Waals surface area contributed by atoms with Crippen molar-refractivity contribution in [2.75, 3.05) is 29.6 Å². The second-order valence-corrected chi connectivity index (χ2v) is 9.97. The quantitative estimate of drug-likeness (QED) is 0.298. The van der Waals surface area contributed by atoms with Gasteiger partial charge in [0.15, 0.2) is 5.11 Å². The summed E-state index contributed by atoms with van der Waals surface area (Å²) < 4.78 is 37.7. The second-order valence-electron chi connectivity index (χ2n) is 6.74. The summed E-state index contributed by atoms with van der Waals surface area (Å²) >= 11 is 6.77. The molecule has 3 N–H and O–H groups in total. The zero-order chi connectivity index (χ0) is 24.0. The van der Waals surface area contributed by atoms with E-state index >= 15 is 0 Å². The predicted octanol–water partition coefficient (Wildman–Crippen LogP) is 4.72. The Morgan fingerprint density at radius 1 is 1.00 bits per heavy atom. The number of hydrogen-bond acceptors (Lipinski definition) is 7. The van der Waals surface area contributed by atoms with Crippen LogP contribution in [0.15, 0.2) is 59.5 Å². The molecular formula is C22H23N3O5S3. The van der Waals surface area contributed by atoms with Crippen molar-refractivity contribution in [2.24, 2.45) is 0 Å². The highest BCUT2D eigenvalue weighted by Crippen LogP contribution is 2.29. The minimum Gasteiger partial charge on any atom is -0.497 e. The summed E-state index contributed by atoms with van der Waals surface area (Å²) in [5.74, 6) is 0.181. The molecule has 0 amide bonds. The lowest BCUT2D eigenvalue weighted by Crippen LogP contribution is -2.20. The van der Waals surface area contributed by atoms with Crippen molar-refractivity contribution in [1.29, 1.82) is 0 Å². The van der Waals surface area contributed by atoms with E-state index in [0.717, 1.165) is 11.3 Å². The van der Waals surface area contributed by atoms with Gasteiger partial charge in [0.1, 0.15) is 10.8 Å². The molecule has 0 spiro atoms. The number of anilines is 3. The Bertz CT molecular complexity index is 1240. The number of nitrogens with one attached hydrogen (secondary N) is 3. The van der Waals surface area contributed by atoms with E-state index in [9.17, 15) is 13.2 Å². The van der Waals surface area contributed by atoms with Gasteiger partial charge in [0, 0.05) is 16.3 Å². The monoisotopic (exact) mass is 505 g/mol. The van der Waals surface area contributed by atoms with E-state index in [4.69, 9.17) is 21.7 Å². The molecule has 0 saturated heterocycles. The van der Waals surface area contributed by atoms with Crippen LogP contribution in [0.4, 0.5) is 16.4 Å². The van der Waals surface area contributed by atoms with E-state index in [1.807, 2.05) is 6.92 Å². The number of methoxy groups -OCH3 is 2. The lowest BCUT2D eigenvalue weighted by molar-refractivity contribution is 0.0602. The maximum atomic E-state index is 12.6. The molecule has 0 aliphatic heterocycles. The van der Waals surface area contributed by atoms with Crippen molar-refractivity contribution in [2.45, 2.75) is 18.2 Å². The largest absolute Gasteiger partial charge is 0.497 e. The first-order valence-corrected chi connectivity index (χ1v) is 12.5. The number of carbonyl (C=O) groups is 1. The van der Waals surface area contributed by atoms with Crippen LogP contribution < -0.4 is 20.1 Å². The summed E-state index contributed by atoms with van der Waals surface area (Å²) in [7, 11) is -0.899. The van der Waals surface area contributed by atoms with Crippen molar-refractivity contribution < 1.29 is 22.7 Å². The molecule has 11 heteroatoms. The first-order chi connectivity index (χ1) is 15.7. The molecule has 3 rings (SSSR count). The van der Waals surface area contributed by atoms with E-state index in [1.54, 1.807) is 42.5 Å². The normalized spacial score (nSPS) is 10.9. The number of benzene rings is 2. The Morgan fingerprint density at radius 2 is 1.64 bits per heavy atom. The van der Waals surface area contributed by atoms with Gasteiger partial charge in [-0.25, -0.2) is 13.2 Å². The Kier molecular flexibility index (Phi) is 7.90. The molecule has 2 aromatic carbocycles. The van der Waals surface area contributed by atoms with E-state index in [1.165, 1.54) is 37.7 Å². The standard InChI is InChI=1S/C22H23N3O5S3/c1-4-17-13-19(21(26)30-3)20(32-17)24-22(31)23-14-7-11-18(12-8-14)33(27,28)25-15-5-9-16(29-2)10-6-15/h5-13,25H,4H2,1-3H3,(H2,23,24,31). The molecule has 1 aromatic heterocycles. The molecule has 3 aromatic rings. The lowest BCUT2D eigenvalue weighted by atomic mass is 10.2. The second kappa shape index (κ2) is 10.6. The van der Waals surface area contributed by atoms with Crippen molar-refractivity contribution >= 4 is 61.0 Å². The molecule has 0 aliphatic rings. The third kappa shape index (κ3) is 6.21. The van der Waals surface area contributed by atoms with E-state index in [0.29, 0.717) is 27.7 Å². The van der Waals surface area contributed by atoms with Gasteiger partial charge in [-0.05, 0) is 73.2 Å². The van der Waals surface area contributed by atoms with Gasteiger partial charge in [-0.2, -0.15) is 0 Å². The molecule has 0 aliphatic carbocycles. The summed E-state index contributed by atoms with van der Waals surface area (Å²) in [6.07, 6.45) is 0.775. The van der Waals surface area contributed by atoms with Crippen LogP contribution in [-0.4, -0.2) is 33.7 Å². The van der Waals surface area contributed by atoms with Crippen LogP contribution in [0.2, 0.25) is 0 Å². The number of aryl methyl sites for hydroxylation is 1. The summed E-state index contributed by atoms with van der Waals surface area (Å²) in [5, 5.41) is 6.84. The average molecular weight is 506 g/mol. The number of sulfonamides is 1. The highest BCUT2D eigenvalue weighted by atomic mass is 32.2. The smallest absolute Gasteiger partial charge is 0.340 e. The Morgan fingerprint density at radius 3 is 2.21 bits per heavy atom. The van der Waals surface area contributed by atoms with E-state index < -0.39 is 16.0 Å². The number of hydrogen-bond donors (Lipinski definition) is 3. The summed E-state index contributed by atoms with van der Waals surface area (Å²) in [4.78, 5) is 13.1. The van der Waals surface area contributed by atoms with Gasteiger partial charge in [0.25, 0.3) is 10.0 Å². The molecule has 33 heavy (non-hydrogen) atoms. The zero-order valence-corrected chi connectivity index (χ0v) is 20.6. The van der Waals surface area contributed by atoms with E-state index in [-0.39, 0.29) is 10.0 Å². The van der Waals surface area contributed by atoms with Gasteiger partial charge in [-0.3, -0.25) is 4.72 Å². The summed E-state index contributed by atoms with van der Waals surface area (Å²) in [6, 6.07) is 14.5. The zero-order valence-electron chi connectivity index (χ0n) is 18.2. The Labute approximate surface area is 202 Å². The lowest BCUT2D eigenvalue weighted by Gasteiger charge is -2.12. The highest BCUT2D eigenvalue weighted by Gasteiger charge is 2.18. The van der Waals surface area contributed by atoms with Gasteiger partial charge in [0.2, 0.25) is 0 Å². The van der Waals surface area contributed by atoms with Crippen molar-refractivity contribution in [3.63, 3.8) is 0 Å². The third-order valence-corrected chi connectivity index (χ3v) is 7.32. The van der Waals surface area contributed by atoms with Crippen LogP contribution in [0.5, 0.6) is 5.75 Å². The van der Waals surface area contributed by atoms with Gasteiger partial charge >= 0.3 is 5.97 Å². The number of esters is 1. The van der Waals surface area contributed by atoms with Crippen LogP contribution in [-0.2, 0) is 21.2 Å². The molecule has 0 bridgehead atoms. The number of thiophene rings is 1. The summed E-state index contributed by atoms with van der Waals surface area (Å²) in [6.45, 7) is 1.99. The first-order valence-electron chi connectivity index (χ1n) is 9.81. The van der Waals surface area contributed by atoms with E-state index in [2.05, 4.69) is 15.4 Å². The predicted molar refractivity (Wildman–Crippen MR) is 135 cm³/mol. The van der Waals surface area contributed by atoms with Crippen molar-refractivity contribution in [1.82, 2.24) is 0 Å². The summed E-state index contributed by atoms with van der Waals surface area (Å²) in [5.41, 5.74) is 1.42. The molecule has 0 fully saturated rings. The van der Waals surface area contributed by atoms with Gasteiger partial charge in [0.05, 0.1) is 24.7 Å². The minimum atomic E-state index is -3.76. The maximum absolute atomic E-state index is 12.6. The van der Waals surface area contributed by atoms with Gasteiger partial charge in [-0.1, -0.05) is 6.92 Å². The Balaban J connectivity index is 1.67. The molecule has 174 valence electrons. The fraction of sp³-hybridized carbons (Fsp3) is 0.182. The fourth-order valence-corrected chi connectivity index (χ4v) is 5.16. The molecule has 8 nitrogen and oxygen atoms in total. The van der Waals surface area contributed by atoms with Crippen LogP contribution in [0.3, 0.4) is 0 Å². The van der Waals surface area contributed by atoms with Crippen molar-refractivity contribution in [3.05, 3.63) is 65.0 Å². The van der Waals surface area contributed by atoms with Gasteiger partial charge < -0.3 is 20.1 Å². The fourth-order valence-electron chi connectivity index (χ4n) is 2.83. The van der Waals surface area contributed by atoms with Crippen molar-refractivity contribution in [3.8, 4) is 5.75 Å².